The fraction of sp³-hybridized carbons (Fsp3) is 0. The second-order valence-electron chi connectivity index (χ2n) is 0.469. The molecule has 6 heavy (non-hydrogen) atoms. The minimum atomic E-state index is -5.62. The number of hydrogen-bond acceptors (Lipinski definition) is 3. The van der Waals surface area contributed by atoms with E-state index in [0.717, 1.165) is 0 Å². The molecule has 0 spiro atoms. The molecule has 0 amide bonds. The Balaban J connectivity index is 0. The first-order valence-corrected chi connectivity index (χ1v) is 3.89. The standard InChI is InChI=1S/AsH3O4.Pb/c2-1(3,4)5;/h(H3,2,3,4,5);/q;+2/p-2. The van der Waals surface area contributed by atoms with Crippen LogP contribution in [0.5, 0.6) is 0 Å². The zero-order valence-corrected chi connectivity index (χ0v) is 8.38. The maximum Gasteiger partial charge on any atom is 2.00 e. The van der Waals surface area contributed by atoms with Gasteiger partial charge in [-0.25, -0.2) is 0 Å². The predicted octanol–water partition coefficient (Wildman–Crippen LogP) is -3.82. The second-order valence-corrected chi connectivity index (χ2v) is 2.43. The summed E-state index contributed by atoms with van der Waals surface area (Å²) in [6.07, 6.45) is 0. The molecule has 0 aromatic rings. The molecular weight excluding hydrogens is 346 g/mol. The van der Waals surface area contributed by atoms with Crippen molar-refractivity contribution in [1.82, 2.24) is 0 Å². The average Bonchev–Trinajstić information content (AvgIpc) is 0.722. The van der Waals surface area contributed by atoms with Gasteiger partial charge in [0.2, 0.25) is 0 Å². The summed E-state index contributed by atoms with van der Waals surface area (Å²) in [6.45, 7) is 0. The van der Waals surface area contributed by atoms with Crippen molar-refractivity contribution in [3.05, 3.63) is 0 Å². The zero-order chi connectivity index (χ0) is 4.50. The summed E-state index contributed by atoms with van der Waals surface area (Å²) in [5, 5.41) is 0. The van der Waals surface area contributed by atoms with Gasteiger partial charge in [0.05, 0.1) is 0 Å². The van der Waals surface area contributed by atoms with Crippen molar-refractivity contribution in [3.8, 4) is 0 Å². The topological polar surface area (TPSA) is 83.4 Å². The maximum absolute atomic E-state index is 8.72. The largest absolute Gasteiger partial charge is 2.00 e. The Morgan fingerprint density at radius 3 is 1.50 bits per heavy atom. The third-order valence-corrected chi connectivity index (χ3v) is 0. The van der Waals surface area contributed by atoms with E-state index in [1.807, 2.05) is 0 Å². The molecule has 0 aromatic heterocycles. The van der Waals surface area contributed by atoms with Crippen LogP contribution in [0.1, 0.15) is 0 Å². The maximum atomic E-state index is 8.72. The van der Waals surface area contributed by atoms with Crippen molar-refractivity contribution < 1.29 is 16.0 Å². The Morgan fingerprint density at radius 1 is 1.50 bits per heavy atom. The molecule has 0 heterocycles. The van der Waals surface area contributed by atoms with E-state index >= 15 is 0 Å². The van der Waals surface area contributed by atoms with Crippen molar-refractivity contribution in [3.63, 3.8) is 0 Å². The van der Waals surface area contributed by atoms with Crippen LogP contribution < -0.4 is 8.19 Å². The third-order valence-electron chi connectivity index (χ3n) is 0. The van der Waals surface area contributed by atoms with E-state index in [1.54, 1.807) is 0 Å². The quantitative estimate of drug-likeness (QED) is 0.456. The summed E-state index contributed by atoms with van der Waals surface area (Å²) < 4.78 is 33.2. The van der Waals surface area contributed by atoms with E-state index in [9.17, 15) is 0 Å². The van der Waals surface area contributed by atoms with Gasteiger partial charge in [-0.05, 0) is 0 Å². The van der Waals surface area contributed by atoms with Crippen molar-refractivity contribution in [1.29, 1.82) is 0 Å². The summed E-state index contributed by atoms with van der Waals surface area (Å²) in [6, 6.07) is 0. The van der Waals surface area contributed by atoms with Gasteiger partial charge in [-0.3, -0.25) is 0 Å². The van der Waals surface area contributed by atoms with Crippen LogP contribution in [-0.2, 0) is 3.74 Å². The smallest absolute Gasteiger partial charge is 2.00 e. The van der Waals surface area contributed by atoms with Gasteiger partial charge in [0.25, 0.3) is 0 Å². The zero-order valence-electron chi connectivity index (χ0n) is 2.62. The first-order chi connectivity index (χ1) is 2.00. The summed E-state index contributed by atoms with van der Waals surface area (Å²) in [7, 11) is 0. The second kappa shape index (κ2) is 3.20. The van der Waals surface area contributed by atoms with Crippen molar-refractivity contribution in [2.75, 3.05) is 0 Å². The van der Waals surface area contributed by atoms with Crippen LogP contribution in [-0.4, -0.2) is 45.9 Å². The number of rotatable bonds is 0. The fourth-order valence-corrected chi connectivity index (χ4v) is 0. The van der Waals surface area contributed by atoms with E-state index in [4.69, 9.17) is 16.0 Å². The molecule has 0 aliphatic carbocycles. The van der Waals surface area contributed by atoms with Crippen LogP contribution in [0.3, 0.4) is 0 Å². The molecule has 0 rings (SSSR count). The Hall–Kier alpha value is 1.16. The first kappa shape index (κ1) is 10.2. The molecule has 4 nitrogen and oxygen atoms in total. The van der Waals surface area contributed by atoms with Crippen molar-refractivity contribution >= 4 is 41.8 Å². The Bertz CT molecular complexity index is 53.7. The summed E-state index contributed by atoms with van der Waals surface area (Å²) >= 11 is -5.62. The number of hydrogen-bond donors (Lipinski definition) is 1. The molecule has 0 bridgehead atoms. The summed E-state index contributed by atoms with van der Waals surface area (Å²) in [5.41, 5.74) is 0. The molecule has 34 valence electrons. The molecular formula is HAsO4Pb. The van der Waals surface area contributed by atoms with E-state index in [2.05, 4.69) is 0 Å². The van der Waals surface area contributed by atoms with Gasteiger partial charge in [0, 0.05) is 0 Å². The molecule has 0 fully saturated rings. The van der Waals surface area contributed by atoms with E-state index < -0.39 is 14.5 Å². The molecule has 0 saturated heterocycles. The van der Waals surface area contributed by atoms with Gasteiger partial charge in [0.15, 0.2) is 0 Å². The predicted molar refractivity (Wildman–Crippen MR) is 14.4 cm³/mol. The van der Waals surface area contributed by atoms with Crippen LogP contribution in [0.15, 0.2) is 0 Å². The van der Waals surface area contributed by atoms with Gasteiger partial charge in [-0.2, -0.15) is 0 Å². The average molecular weight is 347 g/mol. The molecule has 6 heteroatoms. The summed E-state index contributed by atoms with van der Waals surface area (Å²) in [5.74, 6) is 0. The Morgan fingerprint density at radius 2 is 1.50 bits per heavy atom. The van der Waals surface area contributed by atoms with Gasteiger partial charge in [-0.15, -0.1) is 0 Å². The van der Waals surface area contributed by atoms with Crippen LogP contribution in [0, 0.1) is 0 Å². The molecule has 0 aliphatic heterocycles. The Kier molecular flexibility index (Phi) is 5.44. The molecule has 0 unspecified atom stereocenters. The third kappa shape index (κ3) is 66.3. The molecule has 1 N–H and O–H groups in total. The van der Waals surface area contributed by atoms with E-state index in [-0.39, 0.29) is 27.3 Å². The van der Waals surface area contributed by atoms with E-state index in [0.29, 0.717) is 0 Å². The molecule has 2 radical (unpaired) electrons. The Labute approximate surface area is 57.7 Å². The normalized spacial score (nSPS) is 9.83. The molecule has 0 saturated carbocycles. The molecule has 0 atom stereocenters. The van der Waals surface area contributed by atoms with Gasteiger partial charge < -0.3 is 0 Å². The van der Waals surface area contributed by atoms with E-state index in [1.165, 1.54) is 0 Å². The van der Waals surface area contributed by atoms with Crippen LogP contribution in [0.4, 0.5) is 0 Å². The van der Waals surface area contributed by atoms with Crippen LogP contribution in [0.25, 0.3) is 0 Å². The molecule has 0 aliphatic rings. The van der Waals surface area contributed by atoms with Gasteiger partial charge in [-0.1, -0.05) is 0 Å². The van der Waals surface area contributed by atoms with Gasteiger partial charge in [0.1, 0.15) is 0 Å². The fourth-order valence-electron chi connectivity index (χ4n) is 0. The van der Waals surface area contributed by atoms with Gasteiger partial charge >= 0.3 is 57.8 Å². The minimum Gasteiger partial charge on any atom is 2.00 e. The first-order valence-electron chi connectivity index (χ1n) is 0.748. The van der Waals surface area contributed by atoms with Crippen LogP contribution >= 0.6 is 0 Å². The molecule has 0 aromatic carbocycles. The summed E-state index contributed by atoms with van der Waals surface area (Å²) in [4.78, 5) is 0. The van der Waals surface area contributed by atoms with Crippen LogP contribution in [0.2, 0.25) is 0 Å². The van der Waals surface area contributed by atoms with Crippen molar-refractivity contribution in [2.45, 2.75) is 0 Å². The minimum absolute atomic E-state index is 0. The monoisotopic (exact) mass is 348 g/mol. The van der Waals surface area contributed by atoms with Crippen molar-refractivity contribution in [2.24, 2.45) is 0 Å². The SMILES string of the molecule is O=[As]([O-])([O-])O.[Pb+2].